The Morgan fingerprint density at radius 2 is 1.59 bits per heavy atom. The van der Waals surface area contributed by atoms with Gasteiger partial charge in [0.2, 0.25) is 0 Å². The highest BCUT2D eigenvalue weighted by molar-refractivity contribution is 7.26. The van der Waals surface area contributed by atoms with Crippen LogP contribution in [0.4, 0.5) is 0 Å². The summed E-state index contributed by atoms with van der Waals surface area (Å²) in [4.78, 5) is 0. The van der Waals surface area contributed by atoms with Crippen LogP contribution in [0.15, 0.2) is 66.7 Å². The number of thiophene rings is 1. The number of benzene rings is 2. The Bertz CT molecular complexity index is 1320. The molecule has 2 aromatic carbocycles. The molecule has 0 atom stereocenters. The van der Waals surface area contributed by atoms with Crippen LogP contribution >= 0.6 is 11.3 Å². The minimum Gasteiger partial charge on any atom is -0.309 e. The summed E-state index contributed by atoms with van der Waals surface area (Å²) in [5.74, 6) is 0. The molecule has 0 spiro atoms. The van der Waals surface area contributed by atoms with Crippen LogP contribution in [-0.4, -0.2) is 4.40 Å². The van der Waals surface area contributed by atoms with Crippen LogP contribution in [0.1, 0.15) is 0 Å². The Balaban J connectivity index is 2.13. The van der Waals surface area contributed by atoms with E-state index in [4.69, 9.17) is 0 Å². The number of fused-ring (bicyclic) bond motifs is 5. The van der Waals surface area contributed by atoms with Gasteiger partial charge in [-0.05, 0) is 29.7 Å². The van der Waals surface area contributed by atoms with Crippen LogP contribution in [0, 0.1) is 0 Å². The van der Waals surface area contributed by atoms with Crippen molar-refractivity contribution in [1.82, 2.24) is 4.40 Å². The van der Waals surface area contributed by atoms with Gasteiger partial charge in [0, 0.05) is 31.1 Å². The average Bonchev–Trinajstić information content (AvgIpc) is 3.15. The van der Waals surface area contributed by atoms with Crippen LogP contribution < -0.4 is 0 Å². The molecule has 0 aliphatic heterocycles. The highest BCUT2D eigenvalue weighted by Crippen LogP contribution is 2.43. The van der Waals surface area contributed by atoms with Gasteiger partial charge >= 0.3 is 0 Å². The largest absolute Gasteiger partial charge is 0.309 e. The lowest BCUT2D eigenvalue weighted by atomic mass is 10.1. The van der Waals surface area contributed by atoms with Crippen LogP contribution in [0.25, 0.3) is 47.5 Å². The third-order valence-electron chi connectivity index (χ3n) is 4.73. The van der Waals surface area contributed by atoms with Crippen molar-refractivity contribution in [3.8, 4) is 0 Å². The van der Waals surface area contributed by atoms with Crippen molar-refractivity contribution < 1.29 is 0 Å². The topological polar surface area (TPSA) is 4.41 Å². The Morgan fingerprint density at radius 1 is 0.727 bits per heavy atom. The summed E-state index contributed by atoms with van der Waals surface area (Å²) in [7, 11) is 0. The van der Waals surface area contributed by atoms with Gasteiger partial charge in [-0.1, -0.05) is 42.5 Å². The molecule has 6 rings (SSSR count). The maximum absolute atomic E-state index is 2.42. The van der Waals surface area contributed by atoms with Gasteiger partial charge in [-0.3, -0.25) is 0 Å². The summed E-state index contributed by atoms with van der Waals surface area (Å²) in [5.41, 5.74) is 3.95. The predicted molar refractivity (Wildman–Crippen MR) is 96.5 cm³/mol. The van der Waals surface area contributed by atoms with Crippen molar-refractivity contribution in [1.29, 1.82) is 0 Å². The van der Waals surface area contributed by atoms with E-state index in [2.05, 4.69) is 71.1 Å². The molecule has 0 amide bonds. The molecule has 4 heterocycles. The fourth-order valence-corrected chi connectivity index (χ4v) is 5.06. The molecule has 0 radical (unpaired) electrons. The van der Waals surface area contributed by atoms with E-state index in [0.717, 1.165) is 0 Å². The summed E-state index contributed by atoms with van der Waals surface area (Å²) in [6.07, 6.45) is 0. The Labute approximate surface area is 130 Å². The second-order valence-corrected chi connectivity index (χ2v) is 6.91. The monoisotopic (exact) mass is 297 g/mol. The Hall–Kier alpha value is -2.58. The molecule has 0 aliphatic rings. The van der Waals surface area contributed by atoms with E-state index >= 15 is 0 Å². The van der Waals surface area contributed by atoms with Crippen LogP contribution in [0.2, 0.25) is 0 Å². The van der Waals surface area contributed by atoms with Crippen molar-refractivity contribution in [3.05, 3.63) is 66.7 Å². The van der Waals surface area contributed by atoms with Gasteiger partial charge in [-0.15, -0.1) is 11.3 Å². The molecule has 0 unspecified atom stereocenters. The summed E-state index contributed by atoms with van der Waals surface area (Å²) >= 11 is 1.91. The number of nitrogens with zero attached hydrogens (tertiary/aromatic N) is 1. The lowest BCUT2D eigenvalue weighted by Gasteiger charge is -2.10. The molecular weight excluding hydrogens is 286 g/mol. The summed E-state index contributed by atoms with van der Waals surface area (Å²) in [5, 5.41) is 5.44. The van der Waals surface area contributed by atoms with Crippen LogP contribution in [0.3, 0.4) is 0 Å². The number of aromatic nitrogens is 1. The van der Waals surface area contributed by atoms with Gasteiger partial charge in [0.1, 0.15) is 0 Å². The van der Waals surface area contributed by atoms with Crippen LogP contribution in [0.5, 0.6) is 0 Å². The van der Waals surface area contributed by atoms with Gasteiger partial charge in [0.05, 0.1) is 11.0 Å². The summed E-state index contributed by atoms with van der Waals surface area (Å²) in [6.45, 7) is 0. The number of hydrogen-bond donors (Lipinski definition) is 0. The third-order valence-corrected chi connectivity index (χ3v) is 5.94. The quantitative estimate of drug-likeness (QED) is 0.321. The lowest BCUT2D eigenvalue weighted by molar-refractivity contribution is 1.35. The smallest absolute Gasteiger partial charge is 0.0621 e. The normalized spacial score (nSPS) is 12.5. The summed E-state index contributed by atoms with van der Waals surface area (Å²) in [6, 6.07) is 24.3. The van der Waals surface area contributed by atoms with Crippen molar-refractivity contribution in [2.75, 3.05) is 0 Å². The Morgan fingerprint density at radius 3 is 2.59 bits per heavy atom. The second-order valence-electron chi connectivity index (χ2n) is 5.86. The van der Waals surface area contributed by atoms with E-state index in [1.54, 1.807) is 0 Å². The molecule has 0 bridgehead atoms. The first-order valence-electron chi connectivity index (χ1n) is 7.47. The van der Waals surface area contributed by atoms with Gasteiger partial charge in [0.15, 0.2) is 0 Å². The van der Waals surface area contributed by atoms with E-state index < -0.39 is 0 Å². The molecule has 22 heavy (non-hydrogen) atoms. The maximum Gasteiger partial charge on any atom is 0.0621 e. The molecule has 0 N–H and O–H groups in total. The van der Waals surface area contributed by atoms with E-state index in [9.17, 15) is 0 Å². The summed E-state index contributed by atoms with van der Waals surface area (Å²) < 4.78 is 5.20. The standard InChI is InChI=1S/C20H11NS/c1-2-7-17-14(5-1)18-16-11-10-13-9-8-12-4-3-6-15(20(18)22-17)19(12)21(13)16/h1-11H. The first-order chi connectivity index (χ1) is 10.9. The SMILES string of the molecule is c1ccc2c(c1)sc1c3cccc4ccc5ccc(c21)n5c43. The fourth-order valence-electron chi connectivity index (χ4n) is 3.82. The first kappa shape index (κ1) is 11.0. The zero-order chi connectivity index (χ0) is 14.3. The number of pyridine rings is 2. The van der Waals surface area contributed by atoms with Gasteiger partial charge in [0.25, 0.3) is 0 Å². The van der Waals surface area contributed by atoms with E-state index in [1.165, 1.54) is 47.5 Å². The molecular formula is C20H11NS. The van der Waals surface area contributed by atoms with Gasteiger partial charge < -0.3 is 4.40 Å². The van der Waals surface area contributed by atoms with Gasteiger partial charge in [-0.25, -0.2) is 0 Å². The molecule has 0 fully saturated rings. The minimum atomic E-state index is 1.27. The average molecular weight is 297 g/mol. The zero-order valence-corrected chi connectivity index (χ0v) is 12.5. The number of para-hydroxylation sites is 1. The van der Waals surface area contributed by atoms with E-state index in [0.29, 0.717) is 0 Å². The van der Waals surface area contributed by atoms with Crippen molar-refractivity contribution >= 4 is 58.8 Å². The highest BCUT2D eigenvalue weighted by Gasteiger charge is 2.16. The fraction of sp³-hybridized carbons (Fsp3) is 0. The molecule has 2 heteroatoms. The molecule has 102 valence electrons. The highest BCUT2D eigenvalue weighted by atomic mass is 32.1. The second kappa shape index (κ2) is 3.60. The molecule has 0 aliphatic carbocycles. The molecule has 0 saturated carbocycles. The van der Waals surface area contributed by atoms with Crippen LogP contribution in [-0.2, 0) is 0 Å². The zero-order valence-electron chi connectivity index (χ0n) is 11.7. The first-order valence-corrected chi connectivity index (χ1v) is 8.29. The molecule has 1 nitrogen and oxygen atoms in total. The molecule has 0 saturated heterocycles. The predicted octanol–water partition coefficient (Wildman–Crippen LogP) is 6.05. The van der Waals surface area contributed by atoms with Crippen molar-refractivity contribution in [3.63, 3.8) is 0 Å². The lowest BCUT2D eigenvalue weighted by Crippen LogP contribution is -1.91. The van der Waals surface area contributed by atoms with E-state index in [1.807, 2.05) is 11.3 Å². The molecule has 6 aromatic rings. The van der Waals surface area contributed by atoms with Crippen molar-refractivity contribution in [2.24, 2.45) is 0 Å². The maximum atomic E-state index is 2.42. The minimum absolute atomic E-state index is 1.27. The third kappa shape index (κ3) is 1.13. The Kier molecular flexibility index (Phi) is 1.81. The van der Waals surface area contributed by atoms with E-state index in [-0.39, 0.29) is 0 Å². The van der Waals surface area contributed by atoms with Gasteiger partial charge in [-0.2, -0.15) is 0 Å². The molecule has 4 aromatic heterocycles. The van der Waals surface area contributed by atoms with Crippen molar-refractivity contribution in [2.45, 2.75) is 0 Å². The number of rotatable bonds is 0. The number of hydrogen-bond acceptors (Lipinski definition) is 1.